The molecule has 2 heterocycles. The standard InChI is InChI=1S/C10H7BrN2O2/c1-5-8(10(14)15)9(11)6-2-3-12-4-7(6)13-5/h2-4H,1H3,(H,14,15). The summed E-state index contributed by atoms with van der Waals surface area (Å²) in [6.07, 6.45) is 3.22. The molecule has 0 aliphatic carbocycles. The second kappa shape index (κ2) is 3.58. The SMILES string of the molecule is Cc1nc2cnccc2c(Br)c1C(=O)O. The van der Waals surface area contributed by atoms with E-state index in [1.54, 1.807) is 25.4 Å². The van der Waals surface area contributed by atoms with E-state index < -0.39 is 5.97 Å². The molecule has 5 heteroatoms. The molecule has 0 aliphatic heterocycles. The highest BCUT2D eigenvalue weighted by atomic mass is 79.9. The number of pyridine rings is 2. The van der Waals surface area contributed by atoms with Gasteiger partial charge in [0.25, 0.3) is 0 Å². The maximum absolute atomic E-state index is 11.0. The number of carboxylic acids is 1. The summed E-state index contributed by atoms with van der Waals surface area (Å²) in [5.41, 5.74) is 1.37. The molecule has 0 spiro atoms. The Morgan fingerprint density at radius 2 is 2.27 bits per heavy atom. The topological polar surface area (TPSA) is 63.1 Å². The maximum Gasteiger partial charge on any atom is 0.338 e. The molecule has 2 aromatic rings. The number of carboxylic acid groups (broad SMARTS) is 1. The molecule has 15 heavy (non-hydrogen) atoms. The summed E-state index contributed by atoms with van der Waals surface area (Å²) < 4.78 is 0.555. The van der Waals surface area contributed by atoms with Crippen molar-refractivity contribution in [2.75, 3.05) is 0 Å². The Hall–Kier alpha value is -1.49. The number of aromatic nitrogens is 2. The van der Waals surface area contributed by atoms with E-state index in [-0.39, 0.29) is 5.56 Å². The molecule has 0 saturated carbocycles. The Morgan fingerprint density at radius 1 is 1.53 bits per heavy atom. The molecular formula is C10H7BrN2O2. The molecule has 0 aliphatic rings. The van der Waals surface area contributed by atoms with Gasteiger partial charge in [-0.3, -0.25) is 9.97 Å². The van der Waals surface area contributed by atoms with Crippen molar-refractivity contribution in [3.05, 3.63) is 34.2 Å². The first-order valence-corrected chi connectivity index (χ1v) is 5.03. The summed E-state index contributed by atoms with van der Waals surface area (Å²) in [5.74, 6) is -0.981. The number of hydrogen-bond acceptors (Lipinski definition) is 3. The lowest BCUT2D eigenvalue weighted by Gasteiger charge is -2.06. The van der Waals surface area contributed by atoms with Crippen LogP contribution in [0.15, 0.2) is 22.9 Å². The summed E-state index contributed by atoms with van der Waals surface area (Å²) in [7, 11) is 0. The minimum atomic E-state index is -0.981. The number of nitrogens with zero attached hydrogens (tertiary/aromatic N) is 2. The third-order valence-corrected chi connectivity index (χ3v) is 2.94. The predicted molar refractivity (Wildman–Crippen MR) is 58.9 cm³/mol. The zero-order valence-corrected chi connectivity index (χ0v) is 9.45. The van der Waals surface area contributed by atoms with E-state index in [9.17, 15) is 4.79 Å². The van der Waals surface area contributed by atoms with Crippen LogP contribution in [0.2, 0.25) is 0 Å². The Labute approximate surface area is 94.1 Å². The third-order valence-electron chi connectivity index (χ3n) is 2.12. The Bertz CT molecular complexity index is 554. The highest BCUT2D eigenvalue weighted by Gasteiger charge is 2.16. The van der Waals surface area contributed by atoms with E-state index in [1.807, 2.05) is 0 Å². The number of aryl methyl sites for hydroxylation is 1. The average Bonchev–Trinajstić information content (AvgIpc) is 2.17. The summed E-state index contributed by atoms with van der Waals surface area (Å²) in [6.45, 7) is 1.67. The molecule has 0 saturated heterocycles. The minimum absolute atomic E-state index is 0.203. The fraction of sp³-hybridized carbons (Fsp3) is 0.100. The smallest absolute Gasteiger partial charge is 0.338 e. The molecule has 0 amide bonds. The Balaban J connectivity index is 2.90. The van der Waals surface area contributed by atoms with Crippen LogP contribution in [0.25, 0.3) is 10.9 Å². The van der Waals surface area contributed by atoms with Gasteiger partial charge in [-0.1, -0.05) is 0 Å². The van der Waals surface area contributed by atoms with Gasteiger partial charge in [0, 0.05) is 16.1 Å². The lowest BCUT2D eigenvalue weighted by molar-refractivity contribution is 0.0695. The van der Waals surface area contributed by atoms with Crippen LogP contribution in [0.4, 0.5) is 0 Å². The number of carbonyl (C=O) groups is 1. The normalized spacial score (nSPS) is 10.5. The highest BCUT2D eigenvalue weighted by Crippen LogP contribution is 2.27. The number of hydrogen-bond donors (Lipinski definition) is 1. The summed E-state index contributed by atoms with van der Waals surface area (Å²) in [5, 5.41) is 9.78. The zero-order chi connectivity index (χ0) is 11.0. The van der Waals surface area contributed by atoms with Gasteiger partial charge in [0.05, 0.1) is 23.0 Å². The van der Waals surface area contributed by atoms with E-state index >= 15 is 0 Å². The third kappa shape index (κ3) is 1.59. The zero-order valence-electron chi connectivity index (χ0n) is 7.86. The summed E-state index contributed by atoms with van der Waals surface area (Å²) in [6, 6.07) is 1.73. The first kappa shape index (κ1) is 10.0. The van der Waals surface area contributed by atoms with Crippen LogP contribution in [0.1, 0.15) is 16.1 Å². The van der Waals surface area contributed by atoms with E-state index in [2.05, 4.69) is 25.9 Å². The van der Waals surface area contributed by atoms with Gasteiger partial charge in [0.15, 0.2) is 0 Å². The molecule has 2 aromatic heterocycles. The summed E-state index contributed by atoms with van der Waals surface area (Å²) in [4.78, 5) is 19.1. The molecular weight excluding hydrogens is 260 g/mol. The molecule has 0 fully saturated rings. The minimum Gasteiger partial charge on any atom is -0.478 e. The van der Waals surface area contributed by atoms with Crippen LogP contribution in [0, 0.1) is 6.92 Å². The van der Waals surface area contributed by atoms with Crippen LogP contribution in [-0.4, -0.2) is 21.0 Å². The van der Waals surface area contributed by atoms with Gasteiger partial charge in [-0.15, -0.1) is 0 Å². The van der Waals surface area contributed by atoms with Gasteiger partial charge in [0.1, 0.15) is 0 Å². The predicted octanol–water partition coefficient (Wildman–Crippen LogP) is 2.40. The number of aromatic carboxylic acids is 1. The van der Waals surface area contributed by atoms with Gasteiger partial charge in [-0.25, -0.2) is 4.79 Å². The second-order valence-electron chi connectivity index (χ2n) is 3.08. The molecule has 0 bridgehead atoms. The average molecular weight is 267 g/mol. The van der Waals surface area contributed by atoms with Crippen molar-refractivity contribution >= 4 is 32.8 Å². The van der Waals surface area contributed by atoms with Crippen molar-refractivity contribution in [2.45, 2.75) is 6.92 Å². The van der Waals surface area contributed by atoms with Crippen molar-refractivity contribution in [1.82, 2.24) is 9.97 Å². The van der Waals surface area contributed by atoms with E-state index in [0.717, 1.165) is 5.39 Å². The Kier molecular flexibility index (Phi) is 2.40. The molecule has 0 atom stereocenters. The molecule has 2 rings (SSSR count). The van der Waals surface area contributed by atoms with Crippen molar-refractivity contribution in [3.8, 4) is 0 Å². The van der Waals surface area contributed by atoms with Crippen molar-refractivity contribution in [3.63, 3.8) is 0 Å². The van der Waals surface area contributed by atoms with Gasteiger partial charge in [0.2, 0.25) is 0 Å². The number of halogens is 1. The van der Waals surface area contributed by atoms with Crippen LogP contribution in [0.3, 0.4) is 0 Å². The van der Waals surface area contributed by atoms with Gasteiger partial charge >= 0.3 is 5.97 Å². The van der Waals surface area contributed by atoms with Crippen molar-refractivity contribution < 1.29 is 9.90 Å². The fourth-order valence-electron chi connectivity index (χ4n) is 1.44. The van der Waals surface area contributed by atoms with Gasteiger partial charge in [-0.2, -0.15) is 0 Å². The Morgan fingerprint density at radius 3 is 2.93 bits per heavy atom. The molecule has 76 valence electrons. The van der Waals surface area contributed by atoms with Crippen LogP contribution < -0.4 is 0 Å². The second-order valence-corrected chi connectivity index (χ2v) is 3.88. The first-order valence-electron chi connectivity index (χ1n) is 4.24. The molecule has 1 N–H and O–H groups in total. The van der Waals surface area contributed by atoms with Crippen LogP contribution in [-0.2, 0) is 0 Å². The first-order chi connectivity index (χ1) is 7.11. The lowest BCUT2D eigenvalue weighted by atomic mass is 10.1. The lowest BCUT2D eigenvalue weighted by Crippen LogP contribution is -2.04. The quantitative estimate of drug-likeness (QED) is 0.861. The number of fused-ring (bicyclic) bond motifs is 1. The van der Waals surface area contributed by atoms with Crippen molar-refractivity contribution in [1.29, 1.82) is 0 Å². The van der Waals surface area contributed by atoms with Gasteiger partial charge in [-0.05, 0) is 28.9 Å². The highest BCUT2D eigenvalue weighted by molar-refractivity contribution is 9.10. The molecule has 0 radical (unpaired) electrons. The summed E-state index contributed by atoms with van der Waals surface area (Å²) >= 11 is 3.28. The van der Waals surface area contributed by atoms with Crippen molar-refractivity contribution in [2.24, 2.45) is 0 Å². The molecule has 4 nitrogen and oxygen atoms in total. The van der Waals surface area contributed by atoms with Crippen LogP contribution >= 0.6 is 15.9 Å². The fourth-order valence-corrected chi connectivity index (χ4v) is 2.23. The molecule has 0 unspecified atom stereocenters. The number of rotatable bonds is 1. The van der Waals surface area contributed by atoms with E-state index in [0.29, 0.717) is 15.7 Å². The monoisotopic (exact) mass is 266 g/mol. The maximum atomic E-state index is 11.0. The van der Waals surface area contributed by atoms with Gasteiger partial charge < -0.3 is 5.11 Å². The van der Waals surface area contributed by atoms with E-state index in [4.69, 9.17) is 5.11 Å². The molecule has 0 aromatic carbocycles. The van der Waals surface area contributed by atoms with E-state index in [1.165, 1.54) is 0 Å². The largest absolute Gasteiger partial charge is 0.478 e. The van der Waals surface area contributed by atoms with Crippen LogP contribution in [0.5, 0.6) is 0 Å².